The van der Waals surface area contributed by atoms with Crippen molar-refractivity contribution in [2.75, 3.05) is 11.9 Å². The number of hydrogen-bond acceptors (Lipinski definition) is 4. The fourth-order valence-corrected chi connectivity index (χ4v) is 3.60. The van der Waals surface area contributed by atoms with Crippen molar-refractivity contribution >= 4 is 5.82 Å². The lowest BCUT2D eigenvalue weighted by Crippen LogP contribution is -2.20. The van der Waals surface area contributed by atoms with Crippen molar-refractivity contribution in [3.8, 4) is 5.88 Å². The molecule has 4 heteroatoms. The number of ether oxygens (including phenoxy) is 1. The van der Waals surface area contributed by atoms with Gasteiger partial charge in [-0.05, 0) is 50.9 Å². The van der Waals surface area contributed by atoms with Gasteiger partial charge in [0.05, 0.1) is 6.10 Å². The molecule has 2 fully saturated rings. The van der Waals surface area contributed by atoms with Gasteiger partial charge < -0.3 is 10.1 Å². The van der Waals surface area contributed by atoms with Crippen LogP contribution in [0.25, 0.3) is 0 Å². The van der Waals surface area contributed by atoms with E-state index >= 15 is 0 Å². The Morgan fingerprint density at radius 2 is 2.21 bits per heavy atom. The van der Waals surface area contributed by atoms with Crippen LogP contribution in [0.3, 0.4) is 0 Å². The van der Waals surface area contributed by atoms with Crippen LogP contribution in [-0.4, -0.2) is 22.6 Å². The number of nitrogens with zero attached hydrogens (tertiary/aromatic N) is 2. The predicted octanol–water partition coefficient (Wildman–Crippen LogP) is 3.11. The van der Waals surface area contributed by atoms with Crippen molar-refractivity contribution < 1.29 is 4.74 Å². The van der Waals surface area contributed by atoms with Crippen LogP contribution in [0.15, 0.2) is 12.4 Å². The molecule has 104 valence electrons. The Kier molecular flexibility index (Phi) is 3.58. The highest BCUT2D eigenvalue weighted by atomic mass is 16.5. The summed E-state index contributed by atoms with van der Waals surface area (Å²) in [6.07, 6.45) is 7.47. The molecule has 19 heavy (non-hydrogen) atoms. The first-order chi connectivity index (χ1) is 9.20. The van der Waals surface area contributed by atoms with Gasteiger partial charge in [-0.1, -0.05) is 6.42 Å². The molecule has 0 amide bonds. The zero-order chi connectivity index (χ0) is 13.2. The molecule has 0 radical (unpaired) electrons. The van der Waals surface area contributed by atoms with Crippen LogP contribution in [0.1, 0.15) is 39.5 Å². The molecule has 0 saturated heterocycles. The molecule has 1 aromatic rings. The Labute approximate surface area is 115 Å². The standard InChI is InChI=1S/C15H23N3O/c1-10(2)19-15-7-14(17-9-18-15)16-8-13-6-11-3-4-12(13)5-11/h7,9-13H,3-6,8H2,1-2H3,(H,16,17,18). The van der Waals surface area contributed by atoms with Gasteiger partial charge in [-0.2, -0.15) is 0 Å². The van der Waals surface area contributed by atoms with Gasteiger partial charge in [-0.15, -0.1) is 0 Å². The van der Waals surface area contributed by atoms with Crippen LogP contribution in [0, 0.1) is 17.8 Å². The lowest BCUT2D eigenvalue weighted by molar-refractivity contribution is 0.232. The summed E-state index contributed by atoms with van der Waals surface area (Å²) in [5.41, 5.74) is 0. The van der Waals surface area contributed by atoms with E-state index in [-0.39, 0.29) is 6.10 Å². The van der Waals surface area contributed by atoms with E-state index in [1.807, 2.05) is 19.9 Å². The summed E-state index contributed by atoms with van der Waals surface area (Å²) in [6.45, 7) is 5.05. The van der Waals surface area contributed by atoms with Gasteiger partial charge in [0, 0.05) is 12.6 Å². The second-order valence-corrected chi connectivity index (χ2v) is 6.22. The van der Waals surface area contributed by atoms with Crippen molar-refractivity contribution in [2.45, 2.75) is 45.6 Å². The first kappa shape index (κ1) is 12.7. The highest BCUT2D eigenvalue weighted by molar-refractivity contribution is 5.37. The molecule has 0 spiro atoms. The molecule has 3 atom stereocenters. The van der Waals surface area contributed by atoms with Crippen LogP contribution >= 0.6 is 0 Å². The molecule has 3 rings (SSSR count). The first-order valence-corrected chi connectivity index (χ1v) is 7.43. The average Bonchev–Trinajstić information content (AvgIpc) is 2.98. The molecule has 1 N–H and O–H groups in total. The molecule has 2 saturated carbocycles. The lowest BCUT2D eigenvalue weighted by Gasteiger charge is -2.22. The van der Waals surface area contributed by atoms with Crippen LogP contribution in [0.5, 0.6) is 5.88 Å². The molecule has 0 aromatic carbocycles. The number of nitrogens with one attached hydrogen (secondary N) is 1. The van der Waals surface area contributed by atoms with Gasteiger partial charge in [0.1, 0.15) is 12.1 Å². The fourth-order valence-electron chi connectivity index (χ4n) is 3.60. The van der Waals surface area contributed by atoms with E-state index in [4.69, 9.17) is 4.74 Å². The average molecular weight is 261 g/mol. The summed E-state index contributed by atoms with van der Waals surface area (Å²) in [6, 6.07) is 1.90. The summed E-state index contributed by atoms with van der Waals surface area (Å²) in [4.78, 5) is 8.39. The number of anilines is 1. The number of hydrogen-bond donors (Lipinski definition) is 1. The zero-order valence-corrected chi connectivity index (χ0v) is 11.8. The SMILES string of the molecule is CC(C)Oc1cc(NCC2CC3CCC2C3)ncn1. The molecule has 2 aliphatic carbocycles. The first-order valence-electron chi connectivity index (χ1n) is 7.43. The normalized spacial score (nSPS) is 28.9. The maximum Gasteiger partial charge on any atom is 0.218 e. The minimum atomic E-state index is 0.147. The molecule has 2 aliphatic rings. The van der Waals surface area contributed by atoms with Crippen molar-refractivity contribution in [3.05, 3.63) is 12.4 Å². The van der Waals surface area contributed by atoms with Gasteiger partial charge >= 0.3 is 0 Å². The monoisotopic (exact) mass is 261 g/mol. The van der Waals surface area contributed by atoms with E-state index in [0.717, 1.165) is 30.1 Å². The smallest absolute Gasteiger partial charge is 0.218 e. The third kappa shape index (κ3) is 2.99. The Morgan fingerprint density at radius 3 is 2.89 bits per heavy atom. The number of fused-ring (bicyclic) bond motifs is 2. The van der Waals surface area contributed by atoms with E-state index in [0.29, 0.717) is 5.88 Å². The van der Waals surface area contributed by atoms with Crippen LogP contribution in [0.4, 0.5) is 5.82 Å². The van der Waals surface area contributed by atoms with E-state index in [2.05, 4.69) is 15.3 Å². The molecule has 3 unspecified atom stereocenters. The molecular weight excluding hydrogens is 238 g/mol. The van der Waals surface area contributed by atoms with Crippen molar-refractivity contribution in [1.29, 1.82) is 0 Å². The second kappa shape index (κ2) is 5.35. The largest absolute Gasteiger partial charge is 0.475 e. The molecule has 0 aliphatic heterocycles. The molecule has 1 heterocycles. The number of rotatable bonds is 5. The Balaban J connectivity index is 1.55. The topological polar surface area (TPSA) is 47.0 Å². The van der Waals surface area contributed by atoms with E-state index in [1.54, 1.807) is 6.33 Å². The highest BCUT2D eigenvalue weighted by Gasteiger charge is 2.39. The van der Waals surface area contributed by atoms with E-state index < -0.39 is 0 Å². The summed E-state index contributed by atoms with van der Waals surface area (Å²) >= 11 is 0. The summed E-state index contributed by atoms with van der Waals surface area (Å²) in [5.74, 6) is 4.32. The van der Waals surface area contributed by atoms with Crippen LogP contribution in [-0.2, 0) is 0 Å². The minimum Gasteiger partial charge on any atom is -0.475 e. The van der Waals surface area contributed by atoms with Crippen molar-refractivity contribution in [2.24, 2.45) is 17.8 Å². The van der Waals surface area contributed by atoms with Gasteiger partial charge in [0.15, 0.2) is 0 Å². The van der Waals surface area contributed by atoms with Crippen molar-refractivity contribution in [3.63, 3.8) is 0 Å². The van der Waals surface area contributed by atoms with Gasteiger partial charge in [0.2, 0.25) is 5.88 Å². The zero-order valence-electron chi connectivity index (χ0n) is 11.8. The quantitative estimate of drug-likeness (QED) is 0.884. The molecule has 2 bridgehead atoms. The van der Waals surface area contributed by atoms with Crippen LogP contribution < -0.4 is 10.1 Å². The summed E-state index contributed by atoms with van der Waals surface area (Å²) < 4.78 is 5.58. The highest BCUT2D eigenvalue weighted by Crippen LogP contribution is 2.48. The Bertz CT molecular complexity index is 435. The van der Waals surface area contributed by atoms with Gasteiger partial charge in [-0.3, -0.25) is 0 Å². The Hall–Kier alpha value is -1.32. The van der Waals surface area contributed by atoms with Gasteiger partial charge in [-0.25, -0.2) is 9.97 Å². The predicted molar refractivity (Wildman–Crippen MR) is 75.2 cm³/mol. The lowest BCUT2D eigenvalue weighted by atomic mass is 9.89. The Morgan fingerprint density at radius 1 is 1.32 bits per heavy atom. The molecule has 1 aromatic heterocycles. The number of aromatic nitrogens is 2. The molecule has 4 nitrogen and oxygen atoms in total. The van der Waals surface area contributed by atoms with E-state index in [9.17, 15) is 0 Å². The molecular formula is C15H23N3O. The van der Waals surface area contributed by atoms with Crippen LogP contribution in [0.2, 0.25) is 0 Å². The van der Waals surface area contributed by atoms with Crippen molar-refractivity contribution in [1.82, 2.24) is 9.97 Å². The maximum atomic E-state index is 5.58. The van der Waals surface area contributed by atoms with E-state index in [1.165, 1.54) is 25.7 Å². The fraction of sp³-hybridized carbons (Fsp3) is 0.733. The summed E-state index contributed by atoms with van der Waals surface area (Å²) in [7, 11) is 0. The minimum absolute atomic E-state index is 0.147. The maximum absolute atomic E-state index is 5.58. The van der Waals surface area contributed by atoms with Gasteiger partial charge in [0.25, 0.3) is 0 Å². The second-order valence-electron chi connectivity index (χ2n) is 6.22. The third-order valence-electron chi connectivity index (χ3n) is 4.43. The summed E-state index contributed by atoms with van der Waals surface area (Å²) in [5, 5.41) is 3.45. The third-order valence-corrected chi connectivity index (χ3v) is 4.43.